The molecule has 0 unspecified atom stereocenters. The quantitative estimate of drug-likeness (QED) is 0.0941. The molecule has 628 valence electrons. The molecule has 3 N–H and O–H groups in total. The first-order chi connectivity index (χ1) is 47.6. The number of benzene rings is 3. The summed E-state index contributed by atoms with van der Waals surface area (Å²) < 4.78 is 496. The molecule has 18 nitrogen and oxygen atoms in total. The molecule has 4 heterocycles. The van der Waals surface area contributed by atoms with E-state index in [0.29, 0.717) is 58.2 Å². The van der Waals surface area contributed by atoms with Gasteiger partial charge in [-0.15, -0.1) is 0 Å². The molecule has 4 saturated heterocycles. The predicted octanol–water partition coefficient (Wildman–Crippen LogP) is 15.9. The first-order valence-electron chi connectivity index (χ1n) is 28.4. The van der Waals surface area contributed by atoms with E-state index < -0.39 is 147 Å². The molecule has 0 aliphatic carbocycles. The van der Waals surface area contributed by atoms with Gasteiger partial charge in [0.25, 0.3) is 0 Å². The molecule has 4 aliphatic heterocycles. The van der Waals surface area contributed by atoms with Crippen molar-refractivity contribution in [2.24, 2.45) is 0 Å². The lowest BCUT2D eigenvalue weighted by Gasteiger charge is -2.42. The minimum atomic E-state index is -7.62. The zero-order valence-corrected chi connectivity index (χ0v) is 61.8. The monoisotopic (exact) mass is 1810 g/mol. The zero-order chi connectivity index (χ0) is 85.4. The van der Waals surface area contributed by atoms with E-state index in [0.717, 1.165) is 37.5 Å². The number of hydrogen-bond acceptors (Lipinski definition) is 15. The lowest BCUT2D eigenvalue weighted by Crippen LogP contribution is -2.64. The summed E-state index contributed by atoms with van der Waals surface area (Å²) in [5.74, 6) is -10.2. The van der Waals surface area contributed by atoms with Crippen molar-refractivity contribution in [1.29, 1.82) is 0 Å². The lowest BCUT2D eigenvalue weighted by atomic mass is 10.1. The summed E-state index contributed by atoms with van der Waals surface area (Å²) >= 11 is 0. The van der Waals surface area contributed by atoms with E-state index in [9.17, 15) is 198 Å². The zero-order valence-electron chi connectivity index (χ0n) is 54.5. The highest BCUT2D eigenvalue weighted by molar-refractivity contribution is 8.14. The fourth-order valence-electron chi connectivity index (χ4n) is 8.29. The third-order valence-electron chi connectivity index (χ3n) is 14.2. The number of phenols is 3. The summed E-state index contributed by atoms with van der Waals surface area (Å²) in [7, 11) is -42.1. The van der Waals surface area contributed by atoms with E-state index in [2.05, 4.69) is 36.4 Å². The molecular formula is C51H55F30N3O15S9. The Balaban J connectivity index is 0.000000449. The minimum absolute atomic E-state index is 0.422. The van der Waals surface area contributed by atoms with E-state index >= 15 is 0 Å². The highest BCUT2D eigenvalue weighted by Crippen LogP contribution is 2.58. The summed E-state index contributed by atoms with van der Waals surface area (Å²) in [4.78, 5) is 4.36. The van der Waals surface area contributed by atoms with Crippen LogP contribution in [-0.2, 0) is 92.8 Å². The average molecular weight is 1810 g/mol. The van der Waals surface area contributed by atoms with Crippen molar-refractivity contribution in [1.82, 2.24) is 0 Å². The normalized spacial score (nSPS) is 19.2. The Hall–Kier alpha value is -4.41. The maximum Gasteiger partial charge on any atom is 0.467 e. The molecule has 0 aromatic heterocycles. The van der Waals surface area contributed by atoms with E-state index in [4.69, 9.17) is 0 Å². The summed E-state index contributed by atoms with van der Waals surface area (Å²) in [6.07, 6.45) is -27.5. The van der Waals surface area contributed by atoms with Gasteiger partial charge >= 0.3 is 74.0 Å². The molecule has 0 radical (unpaired) electrons. The first-order valence-corrected chi connectivity index (χ1v) is 41.7. The van der Waals surface area contributed by atoms with E-state index in [1.807, 2.05) is 41.5 Å². The smallest absolute Gasteiger partial charge is 0.467 e. The van der Waals surface area contributed by atoms with Crippen LogP contribution < -0.4 is 0 Å². The number of aromatic hydroxyl groups is 3. The Bertz CT molecular complexity index is 3990. The van der Waals surface area contributed by atoms with Gasteiger partial charge in [0, 0.05) is 32.7 Å². The number of alkyl halides is 30. The van der Waals surface area contributed by atoms with Crippen LogP contribution in [0.15, 0.2) is 51.1 Å². The van der Waals surface area contributed by atoms with Crippen LogP contribution in [-0.4, -0.2) is 174 Å². The topological polar surface area (TPSA) is 308 Å². The van der Waals surface area contributed by atoms with Gasteiger partial charge < -0.3 is 27.7 Å². The van der Waals surface area contributed by atoms with Crippen molar-refractivity contribution in [3.63, 3.8) is 0 Å². The van der Waals surface area contributed by atoms with Crippen LogP contribution in [0.4, 0.5) is 132 Å². The Morgan fingerprint density at radius 2 is 0.546 bits per heavy atom. The fraction of sp³-hybridized carbons (Fsp3) is 0.647. The van der Waals surface area contributed by atoms with Gasteiger partial charge in [0.05, 0.1) is 12.8 Å². The van der Waals surface area contributed by atoms with Gasteiger partial charge in [-0.25, -0.2) is 50.5 Å². The van der Waals surface area contributed by atoms with Gasteiger partial charge in [-0.3, -0.25) is 0 Å². The third-order valence-corrected chi connectivity index (χ3v) is 31.7. The standard InChI is InChI=1S/3C12H16OS.C8H4F14NO4S2.C4F10NO4S2.C3F6NO4S2/c3*1-9-7-11(8-10(2)12(9)13)14-5-3-4-6-14;9-3(10,7(17,18)19)1-5(13,14)28(24,25)23-29(26,27)6(15,16)2-4(11,12)8(20,21)22;5-1(6,7)3(11,12)20(16,17)15-21(18,19)4(13,14)2(8,9)10;4-1(5)2(6,7)15(11,12)10-16(13,14)3(1,8)9/h3*7-8H,3-6H2,1-2H3;1-2H2;;/q;;;3*-1/p+3. The van der Waals surface area contributed by atoms with Crippen molar-refractivity contribution in [3.8, 4) is 17.2 Å². The number of sulfonamides is 6. The molecule has 57 heteroatoms. The maximum absolute atomic E-state index is 13.2. The van der Waals surface area contributed by atoms with Crippen LogP contribution in [0.25, 0.3) is 12.4 Å². The molecule has 0 atom stereocenters. The average Bonchev–Trinajstić information content (AvgIpc) is 0.714. The highest BCUT2D eigenvalue weighted by Gasteiger charge is 2.82. The van der Waals surface area contributed by atoms with Gasteiger partial charge in [0.15, 0.2) is 54.8 Å². The molecule has 0 bridgehead atoms. The second-order valence-corrected chi connectivity index (χ2v) is 40.3. The molecule has 108 heavy (non-hydrogen) atoms. The van der Waals surface area contributed by atoms with E-state index in [1.165, 1.54) is 87.7 Å². The number of rotatable bonds is 15. The van der Waals surface area contributed by atoms with Gasteiger partial charge in [-0.2, -0.15) is 132 Å². The molecule has 7 rings (SSSR count). The number of aryl methyl sites for hydroxylation is 6. The summed E-state index contributed by atoms with van der Waals surface area (Å²) in [6.45, 7) is 11.9. The molecular weight excluding hydrogens is 1750 g/mol. The third kappa shape index (κ3) is 22.3. The lowest BCUT2D eigenvalue weighted by molar-refractivity contribution is -0.294. The van der Waals surface area contributed by atoms with Crippen LogP contribution in [0.3, 0.4) is 0 Å². The molecule has 3 aromatic rings. The Kier molecular flexibility index (Phi) is 31.0. The Labute approximate surface area is 602 Å². The number of nitrogens with zero attached hydrogens (tertiary/aromatic N) is 3. The second-order valence-electron chi connectivity index (χ2n) is 22.8. The molecule has 0 amide bonds. The predicted molar refractivity (Wildman–Crippen MR) is 328 cm³/mol. The number of phenolic OH excluding ortho intramolecular Hbond substituents is 3. The van der Waals surface area contributed by atoms with Gasteiger partial charge in [0.2, 0.25) is 0 Å². The Morgan fingerprint density at radius 1 is 0.361 bits per heavy atom. The molecule has 4 fully saturated rings. The highest BCUT2D eigenvalue weighted by atomic mass is 32.3. The van der Waals surface area contributed by atoms with E-state index in [-0.39, 0.29) is 0 Å². The molecule has 3 aromatic carbocycles. The van der Waals surface area contributed by atoms with Crippen molar-refractivity contribution >= 4 is 92.8 Å². The summed E-state index contributed by atoms with van der Waals surface area (Å²) in [5.41, 5.74) is 6.16. The molecule has 4 aliphatic rings. The summed E-state index contributed by atoms with van der Waals surface area (Å²) in [5, 5.41) is -10.6. The van der Waals surface area contributed by atoms with Crippen LogP contribution in [0.5, 0.6) is 17.2 Å². The second kappa shape index (κ2) is 33.6. The first kappa shape index (κ1) is 99.7. The van der Waals surface area contributed by atoms with Crippen LogP contribution in [0, 0.1) is 41.5 Å². The van der Waals surface area contributed by atoms with Gasteiger partial charge in [0.1, 0.15) is 71.8 Å². The van der Waals surface area contributed by atoms with Crippen molar-refractivity contribution in [3.05, 3.63) is 82.2 Å². The largest absolute Gasteiger partial charge is 0.507 e. The minimum Gasteiger partial charge on any atom is -0.507 e. The van der Waals surface area contributed by atoms with Gasteiger partial charge in [-0.1, -0.05) is 0 Å². The molecule has 0 saturated carbocycles. The fourth-order valence-corrected chi connectivity index (χ4v) is 23.4. The SMILES string of the molecule is Cc1cc([S+]2CCCC2)cc(C)c1O.Cc1cc([S+]2CCCC2)cc(C)c1O.Cc1cc([S+]2CCCC2)cc(C)c1O.O=S(=O)([N-]S(=O)(=O)C(F)(F)C(F)(F)F)C(F)(F)C(F)(F)F.O=S(=O)([N-]S(=O)(=O)C(F)(F)CC(F)(F)C(F)(F)F)C(F)(F)CC(F)(F)C(F)(F)F.O=S1(=O)[N-]S(=O)(=O)C(F)(F)C(F)(F)C1(F)F. The van der Waals surface area contributed by atoms with Crippen LogP contribution in [0.2, 0.25) is 0 Å². The van der Waals surface area contributed by atoms with Crippen LogP contribution >= 0.6 is 0 Å². The van der Waals surface area contributed by atoms with Crippen LogP contribution in [0.1, 0.15) is 84.7 Å². The number of hydrogen-bond donors (Lipinski definition) is 3. The van der Waals surface area contributed by atoms with Crippen molar-refractivity contribution in [2.45, 2.75) is 182 Å². The van der Waals surface area contributed by atoms with Gasteiger partial charge in [-0.05, 0) is 150 Å². The Morgan fingerprint density at radius 3 is 0.722 bits per heavy atom. The molecule has 0 spiro atoms. The maximum atomic E-state index is 13.2. The van der Waals surface area contributed by atoms with Crippen molar-refractivity contribution in [2.75, 3.05) is 34.5 Å². The van der Waals surface area contributed by atoms with E-state index in [1.54, 1.807) is 0 Å². The summed E-state index contributed by atoms with van der Waals surface area (Å²) in [6, 6.07) is 13.0. The number of halogens is 30. The van der Waals surface area contributed by atoms with Crippen molar-refractivity contribution < 1.29 is 198 Å².